The van der Waals surface area contributed by atoms with Crippen molar-refractivity contribution in [1.29, 1.82) is 0 Å². The summed E-state index contributed by atoms with van der Waals surface area (Å²) in [6.45, 7) is 3.91. The second-order valence-corrected chi connectivity index (χ2v) is 4.58. The third-order valence-electron chi connectivity index (χ3n) is 3.07. The number of aliphatic carboxylic acids is 1. The minimum Gasteiger partial charge on any atom is -0.481 e. The average molecular weight is 233 g/mol. The maximum absolute atomic E-state index is 11.9. The third-order valence-corrected chi connectivity index (χ3v) is 3.07. The molecule has 90 valence electrons. The van der Waals surface area contributed by atoms with Crippen molar-refractivity contribution in [1.82, 2.24) is 5.32 Å². The van der Waals surface area contributed by atoms with E-state index < -0.39 is 5.97 Å². The van der Waals surface area contributed by atoms with E-state index in [1.807, 2.05) is 26.0 Å². The first-order valence-electron chi connectivity index (χ1n) is 5.60. The average Bonchev–Trinajstić information content (AvgIpc) is 2.19. The monoisotopic (exact) mass is 233 g/mol. The van der Waals surface area contributed by atoms with Crippen molar-refractivity contribution in [2.75, 3.05) is 0 Å². The van der Waals surface area contributed by atoms with E-state index in [2.05, 4.69) is 5.32 Å². The number of aryl methyl sites for hydroxylation is 2. The van der Waals surface area contributed by atoms with Crippen LogP contribution in [0.25, 0.3) is 0 Å². The summed E-state index contributed by atoms with van der Waals surface area (Å²) < 4.78 is 0. The largest absolute Gasteiger partial charge is 0.481 e. The number of carboxylic acid groups (broad SMARTS) is 1. The zero-order valence-corrected chi connectivity index (χ0v) is 9.91. The molecule has 0 aliphatic carbocycles. The van der Waals surface area contributed by atoms with Crippen molar-refractivity contribution in [3.8, 4) is 0 Å². The van der Waals surface area contributed by atoms with Crippen LogP contribution in [0.2, 0.25) is 0 Å². The first-order valence-corrected chi connectivity index (χ1v) is 5.60. The van der Waals surface area contributed by atoms with E-state index in [1.165, 1.54) is 0 Å². The number of fused-ring (bicyclic) bond motifs is 1. The highest BCUT2D eigenvalue weighted by molar-refractivity contribution is 5.97. The lowest BCUT2D eigenvalue weighted by atomic mass is 9.89. The van der Waals surface area contributed by atoms with Gasteiger partial charge in [-0.1, -0.05) is 11.6 Å². The third kappa shape index (κ3) is 2.30. The minimum absolute atomic E-state index is 0.0293. The molecule has 4 heteroatoms. The number of benzene rings is 1. The molecule has 1 amide bonds. The topological polar surface area (TPSA) is 66.4 Å². The fourth-order valence-electron chi connectivity index (χ4n) is 2.37. The predicted octanol–water partition coefficient (Wildman–Crippen LogP) is 1.43. The Morgan fingerprint density at radius 3 is 2.82 bits per heavy atom. The number of carboxylic acids is 1. The Bertz CT molecular complexity index is 494. The summed E-state index contributed by atoms with van der Waals surface area (Å²) in [7, 11) is 0. The highest BCUT2D eigenvalue weighted by atomic mass is 16.4. The number of nitrogens with one attached hydrogen (secondary N) is 1. The van der Waals surface area contributed by atoms with E-state index in [4.69, 9.17) is 5.11 Å². The molecule has 1 unspecified atom stereocenters. The lowest BCUT2D eigenvalue weighted by Gasteiger charge is -2.26. The fraction of sp³-hybridized carbons (Fsp3) is 0.385. The number of rotatable bonds is 2. The molecular formula is C13H15NO3. The molecule has 2 N–H and O–H groups in total. The molecule has 0 fully saturated rings. The molecule has 1 heterocycles. The number of carbonyl (C=O) groups excluding carboxylic acids is 1. The molecule has 0 bridgehead atoms. The van der Waals surface area contributed by atoms with Crippen LogP contribution in [0.5, 0.6) is 0 Å². The maximum Gasteiger partial charge on any atom is 0.305 e. The first kappa shape index (κ1) is 11.6. The summed E-state index contributed by atoms with van der Waals surface area (Å²) >= 11 is 0. The standard InChI is InChI=1S/C13H15NO3/c1-7-3-8(2)10-5-9(6-12(15)16)14-13(17)11(10)4-7/h3-4,9H,5-6H2,1-2H3,(H,14,17)(H,15,16). The van der Waals surface area contributed by atoms with Gasteiger partial charge in [-0.2, -0.15) is 0 Å². The Labute approximate surface area is 99.6 Å². The van der Waals surface area contributed by atoms with Crippen LogP contribution in [-0.4, -0.2) is 23.0 Å². The molecule has 1 aromatic carbocycles. The SMILES string of the molecule is Cc1cc(C)c2c(c1)C(=O)NC(CC(=O)O)C2. The lowest BCUT2D eigenvalue weighted by Crippen LogP contribution is -2.42. The molecule has 0 radical (unpaired) electrons. The number of hydrogen-bond donors (Lipinski definition) is 2. The molecule has 0 spiro atoms. The quantitative estimate of drug-likeness (QED) is 0.812. The van der Waals surface area contributed by atoms with Gasteiger partial charge < -0.3 is 10.4 Å². The van der Waals surface area contributed by atoms with Crippen molar-refractivity contribution in [2.24, 2.45) is 0 Å². The molecular weight excluding hydrogens is 218 g/mol. The molecule has 0 saturated heterocycles. The van der Waals surface area contributed by atoms with Crippen LogP contribution in [0.15, 0.2) is 12.1 Å². The summed E-state index contributed by atoms with van der Waals surface area (Å²) in [4.78, 5) is 22.6. The van der Waals surface area contributed by atoms with Crippen LogP contribution in [0.3, 0.4) is 0 Å². The van der Waals surface area contributed by atoms with Crippen LogP contribution in [0.1, 0.15) is 33.5 Å². The second-order valence-electron chi connectivity index (χ2n) is 4.58. The highest BCUT2D eigenvalue weighted by Crippen LogP contribution is 2.23. The van der Waals surface area contributed by atoms with E-state index in [-0.39, 0.29) is 18.4 Å². The van der Waals surface area contributed by atoms with Gasteiger partial charge in [-0.15, -0.1) is 0 Å². The molecule has 17 heavy (non-hydrogen) atoms. The van der Waals surface area contributed by atoms with Crippen molar-refractivity contribution in [2.45, 2.75) is 32.7 Å². The molecule has 1 atom stereocenters. The van der Waals surface area contributed by atoms with Crippen LogP contribution in [0, 0.1) is 13.8 Å². The van der Waals surface area contributed by atoms with Gasteiger partial charge in [0, 0.05) is 11.6 Å². The zero-order chi connectivity index (χ0) is 12.6. The van der Waals surface area contributed by atoms with Crippen LogP contribution in [0.4, 0.5) is 0 Å². The van der Waals surface area contributed by atoms with Crippen LogP contribution < -0.4 is 5.32 Å². The van der Waals surface area contributed by atoms with Crippen molar-refractivity contribution >= 4 is 11.9 Å². The Morgan fingerprint density at radius 1 is 1.47 bits per heavy atom. The van der Waals surface area contributed by atoms with Gasteiger partial charge >= 0.3 is 5.97 Å². The Morgan fingerprint density at radius 2 is 2.18 bits per heavy atom. The van der Waals surface area contributed by atoms with E-state index in [9.17, 15) is 9.59 Å². The molecule has 4 nitrogen and oxygen atoms in total. The zero-order valence-electron chi connectivity index (χ0n) is 9.91. The predicted molar refractivity (Wildman–Crippen MR) is 63.1 cm³/mol. The van der Waals surface area contributed by atoms with Gasteiger partial charge in [0.1, 0.15) is 0 Å². The van der Waals surface area contributed by atoms with Crippen LogP contribution >= 0.6 is 0 Å². The molecule has 1 aromatic rings. The van der Waals surface area contributed by atoms with Gasteiger partial charge in [-0.05, 0) is 37.5 Å². The van der Waals surface area contributed by atoms with Gasteiger partial charge in [-0.25, -0.2) is 0 Å². The summed E-state index contributed by atoms with van der Waals surface area (Å²) in [6, 6.07) is 3.58. The highest BCUT2D eigenvalue weighted by Gasteiger charge is 2.26. The Kier molecular flexibility index (Phi) is 2.88. The minimum atomic E-state index is -0.886. The van der Waals surface area contributed by atoms with Crippen LogP contribution in [-0.2, 0) is 11.2 Å². The van der Waals surface area contributed by atoms with E-state index in [0.29, 0.717) is 12.0 Å². The Balaban J connectivity index is 2.36. The number of hydrogen-bond acceptors (Lipinski definition) is 2. The lowest BCUT2D eigenvalue weighted by molar-refractivity contribution is -0.137. The van der Waals surface area contributed by atoms with Gasteiger partial charge in [0.2, 0.25) is 0 Å². The van der Waals surface area contributed by atoms with E-state index in [0.717, 1.165) is 16.7 Å². The second kappa shape index (κ2) is 4.20. The summed E-state index contributed by atoms with van der Waals surface area (Å²) in [5.41, 5.74) is 3.77. The van der Waals surface area contributed by atoms with Crippen molar-refractivity contribution in [3.63, 3.8) is 0 Å². The van der Waals surface area contributed by atoms with Crippen molar-refractivity contribution < 1.29 is 14.7 Å². The molecule has 1 aliphatic rings. The molecule has 2 rings (SSSR count). The number of amides is 1. The molecule has 0 aromatic heterocycles. The summed E-state index contributed by atoms with van der Waals surface area (Å²) in [5.74, 6) is -1.05. The van der Waals surface area contributed by atoms with Gasteiger partial charge in [0.05, 0.1) is 6.42 Å². The normalized spacial score (nSPS) is 18.5. The summed E-state index contributed by atoms with van der Waals surface area (Å²) in [6.07, 6.45) is 0.567. The molecule has 1 aliphatic heterocycles. The van der Waals surface area contributed by atoms with E-state index in [1.54, 1.807) is 0 Å². The fourth-order valence-corrected chi connectivity index (χ4v) is 2.37. The maximum atomic E-state index is 11.9. The summed E-state index contributed by atoms with van der Waals surface area (Å²) in [5, 5.41) is 11.5. The smallest absolute Gasteiger partial charge is 0.305 e. The van der Waals surface area contributed by atoms with E-state index >= 15 is 0 Å². The molecule has 0 saturated carbocycles. The Hall–Kier alpha value is -1.84. The van der Waals surface area contributed by atoms with Gasteiger partial charge in [0.15, 0.2) is 0 Å². The number of carbonyl (C=O) groups is 2. The van der Waals surface area contributed by atoms with Gasteiger partial charge in [0.25, 0.3) is 5.91 Å². The van der Waals surface area contributed by atoms with Gasteiger partial charge in [-0.3, -0.25) is 9.59 Å². The van der Waals surface area contributed by atoms with Crippen molar-refractivity contribution in [3.05, 3.63) is 34.4 Å². The first-order chi connectivity index (χ1) is 7.97.